The molecule has 5 heteroatoms. The highest BCUT2D eigenvalue weighted by atomic mass is 32.2. The monoisotopic (exact) mass is 295 g/mol. The second-order valence-electron chi connectivity index (χ2n) is 6.87. The van der Waals surface area contributed by atoms with E-state index in [9.17, 15) is 8.42 Å². The summed E-state index contributed by atoms with van der Waals surface area (Å²) in [5, 5.41) is 0. The lowest BCUT2D eigenvalue weighted by atomic mass is 10.1. The Hall–Kier alpha value is -0.653. The van der Waals surface area contributed by atoms with Gasteiger partial charge in [0, 0.05) is 8.07 Å². The van der Waals surface area contributed by atoms with Crippen LogP contribution in [0.2, 0.25) is 25.7 Å². The van der Waals surface area contributed by atoms with Crippen molar-refractivity contribution in [3.05, 3.63) is 35.4 Å². The second kappa shape index (κ2) is 4.17. The molecule has 1 aliphatic carbocycles. The van der Waals surface area contributed by atoms with Crippen LogP contribution in [0.4, 0.5) is 0 Å². The minimum absolute atomic E-state index is 0.142. The molecule has 3 nitrogen and oxygen atoms in total. The smallest absolute Gasteiger partial charge is 0.212 e. The molecule has 0 aromatic heterocycles. The van der Waals surface area contributed by atoms with E-state index in [1.165, 1.54) is 11.1 Å². The first-order chi connectivity index (χ1) is 8.80. The Morgan fingerprint density at radius 3 is 2.63 bits per heavy atom. The normalized spacial score (nSPS) is 28.9. The van der Waals surface area contributed by atoms with Gasteiger partial charge in [0.05, 0.1) is 17.8 Å². The fraction of sp³-hybridized carbons (Fsp3) is 0.571. The summed E-state index contributed by atoms with van der Waals surface area (Å²) in [6.07, 6.45) is 0.896. The van der Waals surface area contributed by atoms with Gasteiger partial charge in [-0.2, -0.15) is 4.31 Å². The first-order valence-corrected chi connectivity index (χ1v) is 12.2. The van der Waals surface area contributed by atoms with Crippen LogP contribution >= 0.6 is 0 Å². The molecule has 1 aliphatic heterocycles. The van der Waals surface area contributed by atoms with E-state index >= 15 is 0 Å². The van der Waals surface area contributed by atoms with E-state index in [1.807, 2.05) is 12.1 Å². The summed E-state index contributed by atoms with van der Waals surface area (Å²) in [6.45, 7) is 6.67. The number of benzene rings is 1. The fourth-order valence-corrected chi connectivity index (χ4v) is 7.80. The summed E-state index contributed by atoms with van der Waals surface area (Å²) in [6, 6.07) is 9.45. The minimum Gasteiger partial charge on any atom is -0.212 e. The van der Waals surface area contributed by atoms with Crippen molar-refractivity contribution in [3.63, 3.8) is 0 Å². The highest BCUT2D eigenvalue weighted by Crippen LogP contribution is 2.53. The Morgan fingerprint density at radius 1 is 1.26 bits per heavy atom. The molecule has 1 aromatic carbocycles. The highest BCUT2D eigenvalue weighted by Gasteiger charge is 2.59. The summed E-state index contributed by atoms with van der Waals surface area (Å²) in [7, 11) is -4.35. The van der Waals surface area contributed by atoms with Crippen molar-refractivity contribution in [1.82, 2.24) is 4.31 Å². The lowest BCUT2D eigenvalue weighted by Gasteiger charge is -2.17. The summed E-state index contributed by atoms with van der Waals surface area (Å²) in [5.74, 6) is 0.331. The molecule has 0 spiro atoms. The van der Waals surface area contributed by atoms with Gasteiger partial charge in [-0.3, -0.25) is 0 Å². The first kappa shape index (κ1) is 13.3. The molecule has 1 unspecified atom stereocenters. The average Bonchev–Trinajstić information content (AvgIpc) is 2.92. The van der Waals surface area contributed by atoms with Crippen molar-refractivity contribution < 1.29 is 8.42 Å². The fourth-order valence-electron chi connectivity index (χ4n) is 2.96. The van der Waals surface area contributed by atoms with Crippen LogP contribution in [0.15, 0.2) is 24.3 Å². The molecule has 0 radical (unpaired) electrons. The van der Waals surface area contributed by atoms with E-state index in [2.05, 4.69) is 31.8 Å². The van der Waals surface area contributed by atoms with Crippen LogP contribution in [0.5, 0.6) is 0 Å². The second-order valence-corrected chi connectivity index (χ2v) is 14.5. The zero-order chi connectivity index (χ0) is 13.8. The number of fused-ring (bicyclic) bond motifs is 3. The Labute approximate surface area is 116 Å². The van der Waals surface area contributed by atoms with Crippen LogP contribution in [-0.2, 0) is 16.4 Å². The van der Waals surface area contributed by atoms with E-state index in [1.54, 1.807) is 4.31 Å². The van der Waals surface area contributed by atoms with Crippen LogP contribution in [0.25, 0.3) is 0 Å². The van der Waals surface area contributed by atoms with Gasteiger partial charge in [0.25, 0.3) is 0 Å². The predicted molar refractivity (Wildman–Crippen MR) is 80.5 cm³/mol. The Morgan fingerprint density at radius 2 is 1.95 bits per heavy atom. The standard InChI is InChI=1S/C14H21NO2SSi/c1-19(2,3)9-8-18(16,17)15-13-10-11-6-4-5-7-12(11)14(13)15/h4-7,13-14H,8-10H2,1-3H3/t13-,14+,15?/m0/s1. The molecule has 0 saturated carbocycles. The maximum Gasteiger partial charge on any atom is 0.214 e. The number of hydrogen-bond acceptors (Lipinski definition) is 2. The van der Waals surface area contributed by atoms with Crippen molar-refractivity contribution in [1.29, 1.82) is 0 Å². The molecule has 1 fully saturated rings. The third-order valence-corrected chi connectivity index (χ3v) is 8.08. The van der Waals surface area contributed by atoms with Gasteiger partial charge in [-0.25, -0.2) is 8.42 Å². The van der Waals surface area contributed by atoms with Crippen LogP contribution in [0, 0.1) is 0 Å². The Bertz CT molecular complexity index is 606. The van der Waals surface area contributed by atoms with E-state index < -0.39 is 18.1 Å². The molecule has 1 aromatic rings. The molecule has 2 aliphatic rings. The van der Waals surface area contributed by atoms with E-state index in [0.29, 0.717) is 5.75 Å². The number of rotatable bonds is 4. The molecule has 104 valence electrons. The Kier molecular flexibility index (Phi) is 2.93. The van der Waals surface area contributed by atoms with Gasteiger partial charge in [-0.1, -0.05) is 43.9 Å². The summed E-state index contributed by atoms with van der Waals surface area (Å²) in [4.78, 5) is 0. The first-order valence-electron chi connectivity index (χ1n) is 6.89. The van der Waals surface area contributed by atoms with E-state index in [4.69, 9.17) is 0 Å². The predicted octanol–water partition coefficient (Wildman–Crippen LogP) is 2.64. The molecule has 1 heterocycles. The van der Waals surface area contributed by atoms with Crippen molar-refractivity contribution in [2.75, 3.05) is 5.75 Å². The molecule has 0 N–H and O–H groups in total. The lowest BCUT2D eigenvalue weighted by Crippen LogP contribution is -2.28. The van der Waals surface area contributed by atoms with Crippen molar-refractivity contribution in [3.8, 4) is 0 Å². The summed E-state index contributed by atoms with van der Waals surface area (Å²) >= 11 is 0. The molecule has 0 bridgehead atoms. The topological polar surface area (TPSA) is 37.1 Å². The molecule has 1 saturated heterocycles. The maximum atomic E-state index is 12.4. The average molecular weight is 295 g/mol. The third kappa shape index (κ3) is 2.39. The number of sulfonamides is 1. The van der Waals surface area contributed by atoms with Crippen LogP contribution in [-0.4, -0.2) is 32.6 Å². The van der Waals surface area contributed by atoms with E-state index in [-0.39, 0.29) is 12.1 Å². The Balaban J connectivity index is 1.74. The van der Waals surface area contributed by atoms with Gasteiger partial charge in [0.2, 0.25) is 10.0 Å². The molecule has 3 atom stereocenters. The SMILES string of the molecule is C[Si](C)(C)CCS(=O)(=O)N1[C@@H]2c3ccccc3C[C@@H]21. The summed E-state index contributed by atoms with van der Waals surface area (Å²) < 4.78 is 26.6. The van der Waals surface area contributed by atoms with Gasteiger partial charge in [-0.05, 0) is 23.6 Å². The van der Waals surface area contributed by atoms with E-state index in [0.717, 1.165) is 12.5 Å². The number of hydrogen-bond donors (Lipinski definition) is 0. The van der Waals surface area contributed by atoms with Gasteiger partial charge < -0.3 is 0 Å². The van der Waals surface area contributed by atoms with Crippen molar-refractivity contribution >= 4 is 18.1 Å². The number of nitrogens with zero attached hydrogens (tertiary/aromatic N) is 1. The largest absolute Gasteiger partial charge is 0.214 e. The zero-order valence-corrected chi connectivity index (χ0v) is 13.6. The lowest BCUT2D eigenvalue weighted by molar-refractivity contribution is 0.542. The molecule has 3 rings (SSSR count). The van der Waals surface area contributed by atoms with Gasteiger partial charge in [0.15, 0.2) is 0 Å². The van der Waals surface area contributed by atoms with Gasteiger partial charge in [0.1, 0.15) is 0 Å². The molecule has 0 amide bonds. The van der Waals surface area contributed by atoms with Crippen molar-refractivity contribution in [2.24, 2.45) is 0 Å². The zero-order valence-electron chi connectivity index (χ0n) is 11.8. The molecular formula is C14H21NO2SSi. The maximum absolute atomic E-state index is 12.4. The summed E-state index contributed by atoms with van der Waals surface area (Å²) in [5.41, 5.74) is 2.55. The highest BCUT2D eigenvalue weighted by molar-refractivity contribution is 7.89. The van der Waals surface area contributed by atoms with Crippen LogP contribution < -0.4 is 0 Å². The molecule has 19 heavy (non-hydrogen) atoms. The van der Waals surface area contributed by atoms with Crippen LogP contribution in [0.3, 0.4) is 0 Å². The molecular weight excluding hydrogens is 274 g/mol. The van der Waals surface area contributed by atoms with Gasteiger partial charge >= 0.3 is 0 Å². The van der Waals surface area contributed by atoms with Crippen molar-refractivity contribution in [2.45, 2.75) is 44.2 Å². The van der Waals surface area contributed by atoms with Crippen LogP contribution in [0.1, 0.15) is 17.2 Å². The quantitative estimate of drug-likeness (QED) is 0.632. The third-order valence-electron chi connectivity index (χ3n) is 4.11. The van der Waals surface area contributed by atoms with Gasteiger partial charge in [-0.15, -0.1) is 0 Å². The minimum atomic E-state index is -3.05.